The summed E-state index contributed by atoms with van der Waals surface area (Å²) in [4.78, 5) is 0. The minimum atomic E-state index is 0.800. The van der Waals surface area contributed by atoms with E-state index in [-0.39, 0.29) is 0 Å². The number of aryl methyl sites for hydroxylation is 1. The Morgan fingerprint density at radius 1 is 1.40 bits per heavy atom. The van der Waals surface area contributed by atoms with Gasteiger partial charge >= 0.3 is 0 Å². The second kappa shape index (κ2) is 4.37. The third kappa shape index (κ3) is 2.08. The first-order valence-corrected chi connectivity index (χ1v) is 5.90. The van der Waals surface area contributed by atoms with Crippen LogP contribution >= 0.6 is 15.9 Å². The molecule has 0 fully saturated rings. The highest BCUT2D eigenvalue weighted by atomic mass is 79.9. The molecule has 15 heavy (non-hydrogen) atoms. The van der Waals surface area contributed by atoms with Crippen LogP contribution in [0.4, 0.5) is 0 Å². The Bertz CT molecular complexity index is 476. The molecule has 0 amide bonds. The molecule has 0 radical (unpaired) electrons. The molecule has 0 aliphatic rings. The molecular weight excluding hydrogens is 254 g/mol. The lowest BCUT2D eigenvalue weighted by Crippen LogP contribution is -2.11. The van der Waals surface area contributed by atoms with Crippen LogP contribution in [0.1, 0.15) is 18.2 Å². The maximum Gasteiger partial charge on any atom is 0.134 e. The van der Waals surface area contributed by atoms with E-state index < -0.39 is 0 Å². The maximum absolute atomic E-state index is 5.77. The van der Waals surface area contributed by atoms with Gasteiger partial charge in [-0.25, -0.2) is 0 Å². The van der Waals surface area contributed by atoms with Gasteiger partial charge in [-0.1, -0.05) is 22.9 Å². The van der Waals surface area contributed by atoms with Gasteiger partial charge in [-0.3, -0.25) is 0 Å². The van der Waals surface area contributed by atoms with Crippen LogP contribution in [0.15, 0.2) is 27.1 Å². The summed E-state index contributed by atoms with van der Waals surface area (Å²) in [6.45, 7) is 5.95. The van der Waals surface area contributed by atoms with E-state index in [4.69, 9.17) is 4.42 Å². The molecule has 0 spiro atoms. The molecule has 0 bridgehead atoms. The first-order chi connectivity index (χ1) is 7.22. The number of nitrogens with one attached hydrogen (secondary N) is 1. The normalized spacial score (nSPS) is 11.1. The topological polar surface area (TPSA) is 25.2 Å². The van der Waals surface area contributed by atoms with Crippen molar-refractivity contribution in [2.45, 2.75) is 20.4 Å². The van der Waals surface area contributed by atoms with E-state index in [1.54, 1.807) is 0 Å². The van der Waals surface area contributed by atoms with Crippen LogP contribution in [-0.4, -0.2) is 6.54 Å². The van der Waals surface area contributed by atoms with Gasteiger partial charge in [0.05, 0.1) is 6.54 Å². The molecule has 80 valence electrons. The second-order valence-electron chi connectivity index (χ2n) is 3.57. The Balaban J connectivity index is 2.45. The van der Waals surface area contributed by atoms with Crippen molar-refractivity contribution >= 4 is 26.9 Å². The third-order valence-electron chi connectivity index (χ3n) is 2.53. The molecule has 1 heterocycles. The highest BCUT2D eigenvalue weighted by Gasteiger charge is 2.09. The molecule has 2 aromatic rings. The van der Waals surface area contributed by atoms with E-state index >= 15 is 0 Å². The summed E-state index contributed by atoms with van der Waals surface area (Å²) in [5.74, 6) is 1.03. The quantitative estimate of drug-likeness (QED) is 0.919. The molecular formula is C12H14BrNO. The molecule has 0 saturated heterocycles. The van der Waals surface area contributed by atoms with Gasteiger partial charge < -0.3 is 9.73 Å². The van der Waals surface area contributed by atoms with Gasteiger partial charge in [0.25, 0.3) is 0 Å². The lowest BCUT2D eigenvalue weighted by molar-refractivity contribution is 0.516. The number of hydrogen-bond donors (Lipinski definition) is 1. The van der Waals surface area contributed by atoms with Crippen LogP contribution in [-0.2, 0) is 6.54 Å². The summed E-state index contributed by atoms with van der Waals surface area (Å²) in [6.07, 6.45) is 0. The van der Waals surface area contributed by atoms with Gasteiger partial charge in [0.15, 0.2) is 0 Å². The molecule has 0 aliphatic carbocycles. The van der Waals surface area contributed by atoms with Crippen molar-refractivity contribution in [3.8, 4) is 0 Å². The zero-order valence-corrected chi connectivity index (χ0v) is 10.5. The number of fused-ring (bicyclic) bond motifs is 1. The van der Waals surface area contributed by atoms with Gasteiger partial charge in [-0.15, -0.1) is 0 Å². The number of furan rings is 1. The largest absolute Gasteiger partial charge is 0.459 e. The van der Waals surface area contributed by atoms with E-state index in [1.165, 1.54) is 10.9 Å². The van der Waals surface area contributed by atoms with Crippen LogP contribution in [0, 0.1) is 6.92 Å². The van der Waals surface area contributed by atoms with E-state index in [0.29, 0.717) is 0 Å². The summed E-state index contributed by atoms with van der Waals surface area (Å²) in [7, 11) is 0. The van der Waals surface area contributed by atoms with Crippen molar-refractivity contribution < 1.29 is 4.42 Å². The molecule has 0 unspecified atom stereocenters. The van der Waals surface area contributed by atoms with Crippen molar-refractivity contribution in [1.29, 1.82) is 0 Å². The molecule has 2 nitrogen and oxygen atoms in total. The molecule has 3 heteroatoms. The van der Waals surface area contributed by atoms with Crippen LogP contribution in [0.25, 0.3) is 11.0 Å². The fourth-order valence-corrected chi connectivity index (χ4v) is 2.01. The van der Waals surface area contributed by atoms with Gasteiger partial charge in [-0.2, -0.15) is 0 Å². The van der Waals surface area contributed by atoms with Crippen molar-refractivity contribution in [1.82, 2.24) is 5.32 Å². The molecule has 0 atom stereocenters. The Kier molecular flexibility index (Phi) is 3.12. The van der Waals surface area contributed by atoms with Crippen LogP contribution in [0.5, 0.6) is 0 Å². The predicted octanol–water partition coefficient (Wildman–Crippen LogP) is 3.61. The number of hydrogen-bond acceptors (Lipinski definition) is 2. The first-order valence-electron chi connectivity index (χ1n) is 5.10. The Morgan fingerprint density at radius 3 is 2.93 bits per heavy atom. The number of benzene rings is 1. The summed E-state index contributed by atoms with van der Waals surface area (Å²) >= 11 is 3.47. The monoisotopic (exact) mass is 267 g/mol. The van der Waals surface area contributed by atoms with Crippen LogP contribution < -0.4 is 5.32 Å². The summed E-state index contributed by atoms with van der Waals surface area (Å²) < 4.78 is 6.86. The van der Waals surface area contributed by atoms with Gasteiger partial charge in [-0.05, 0) is 37.2 Å². The molecule has 0 saturated carbocycles. The third-order valence-corrected chi connectivity index (χ3v) is 3.03. The minimum absolute atomic E-state index is 0.800. The molecule has 2 rings (SSSR count). The van der Waals surface area contributed by atoms with Crippen molar-refractivity contribution in [3.05, 3.63) is 34.0 Å². The molecule has 1 N–H and O–H groups in total. The van der Waals surface area contributed by atoms with Crippen molar-refractivity contribution in [2.75, 3.05) is 6.54 Å². The number of halogens is 1. The summed E-state index contributed by atoms with van der Waals surface area (Å²) in [6, 6.07) is 6.10. The van der Waals surface area contributed by atoms with Crippen molar-refractivity contribution in [3.63, 3.8) is 0 Å². The highest BCUT2D eigenvalue weighted by Crippen LogP contribution is 2.27. The van der Waals surface area contributed by atoms with Crippen LogP contribution in [0.3, 0.4) is 0 Å². The fraction of sp³-hybridized carbons (Fsp3) is 0.333. The Labute approximate surface area is 97.8 Å². The zero-order valence-electron chi connectivity index (χ0n) is 8.93. The average molecular weight is 268 g/mol. The van der Waals surface area contributed by atoms with E-state index in [9.17, 15) is 0 Å². The van der Waals surface area contributed by atoms with E-state index in [0.717, 1.165) is 28.9 Å². The van der Waals surface area contributed by atoms with Crippen LogP contribution in [0.2, 0.25) is 0 Å². The second-order valence-corrected chi connectivity index (χ2v) is 4.49. The molecule has 1 aromatic carbocycles. The van der Waals surface area contributed by atoms with Gasteiger partial charge in [0.2, 0.25) is 0 Å². The zero-order chi connectivity index (χ0) is 10.8. The average Bonchev–Trinajstić information content (AvgIpc) is 2.53. The first kappa shape index (κ1) is 10.7. The maximum atomic E-state index is 5.77. The summed E-state index contributed by atoms with van der Waals surface area (Å²) in [5.41, 5.74) is 2.19. The Hall–Kier alpha value is -0.800. The lowest BCUT2D eigenvalue weighted by atomic mass is 10.1. The minimum Gasteiger partial charge on any atom is -0.459 e. The lowest BCUT2D eigenvalue weighted by Gasteiger charge is -1.97. The van der Waals surface area contributed by atoms with E-state index in [2.05, 4.69) is 41.2 Å². The highest BCUT2D eigenvalue weighted by molar-refractivity contribution is 9.10. The SMILES string of the molecule is CCNCc1oc2ccc(Br)cc2c1C. The standard InChI is InChI=1S/C12H14BrNO/c1-3-14-7-12-8(2)10-6-9(13)4-5-11(10)15-12/h4-6,14H,3,7H2,1-2H3. The van der Waals surface area contributed by atoms with E-state index in [1.807, 2.05) is 12.1 Å². The van der Waals surface area contributed by atoms with Gasteiger partial charge in [0.1, 0.15) is 11.3 Å². The predicted molar refractivity (Wildman–Crippen MR) is 66.0 cm³/mol. The number of rotatable bonds is 3. The Morgan fingerprint density at radius 2 is 2.20 bits per heavy atom. The summed E-state index contributed by atoms with van der Waals surface area (Å²) in [5, 5.41) is 4.47. The fourth-order valence-electron chi connectivity index (χ4n) is 1.65. The molecule has 1 aromatic heterocycles. The molecule has 0 aliphatic heterocycles. The smallest absolute Gasteiger partial charge is 0.134 e. The van der Waals surface area contributed by atoms with Crippen molar-refractivity contribution in [2.24, 2.45) is 0 Å². The van der Waals surface area contributed by atoms with Gasteiger partial charge in [0, 0.05) is 9.86 Å².